The van der Waals surface area contributed by atoms with Crippen molar-refractivity contribution in [2.75, 3.05) is 37.6 Å². The number of aryl methyl sites for hydroxylation is 2. The molecule has 0 bridgehead atoms. The van der Waals surface area contributed by atoms with Gasteiger partial charge in [0.25, 0.3) is 5.91 Å². The molecular weight excluding hydrogens is 322 g/mol. The summed E-state index contributed by atoms with van der Waals surface area (Å²) in [5.41, 5.74) is 4.29. The molecule has 3 rings (SSSR count). The van der Waals surface area contributed by atoms with Crippen molar-refractivity contribution in [3.8, 4) is 0 Å². The van der Waals surface area contributed by atoms with Crippen molar-refractivity contribution < 1.29 is 4.79 Å². The van der Waals surface area contributed by atoms with E-state index in [9.17, 15) is 4.79 Å². The number of piperazine rings is 1. The molecule has 138 valence electrons. The van der Waals surface area contributed by atoms with Crippen LogP contribution in [0.2, 0.25) is 0 Å². The SMILES string of the molecule is Cc1ccc(C(=O)NCC(C)N2CCN(c3ccccc3)CC2)c(C)c1. The van der Waals surface area contributed by atoms with Crippen LogP contribution in [0, 0.1) is 13.8 Å². The second-order valence-electron chi connectivity index (χ2n) is 7.24. The Hall–Kier alpha value is -2.33. The molecule has 1 aliphatic rings. The maximum atomic E-state index is 12.5. The molecule has 1 atom stereocenters. The lowest BCUT2D eigenvalue weighted by atomic mass is 10.1. The molecule has 0 aliphatic carbocycles. The molecule has 1 fully saturated rings. The quantitative estimate of drug-likeness (QED) is 0.898. The maximum Gasteiger partial charge on any atom is 0.251 e. The van der Waals surface area contributed by atoms with Crippen molar-refractivity contribution in [3.63, 3.8) is 0 Å². The fourth-order valence-corrected chi connectivity index (χ4v) is 3.59. The molecule has 1 amide bonds. The van der Waals surface area contributed by atoms with Crippen LogP contribution in [0.25, 0.3) is 0 Å². The highest BCUT2D eigenvalue weighted by Crippen LogP contribution is 2.16. The number of carbonyl (C=O) groups excluding carboxylic acids is 1. The van der Waals surface area contributed by atoms with Gasteiger partial charge in [-0.1, -0.05) is 35.9 Å². The van der Waals surface area contributed by atoms with Crippen LogP contribution < -0.4 is 10.2 Å². The van der Waals surface area contributed by atoms with Crippen molar-refractivity contribution >= 4 is 11.6 Å². The molecule has 4 nitrogen and oxygen atoms in total. The van der Waals surface area contributed by atoms with Crippen LogP contribution in [-0.4, -0.2) is 49.6 Å². The minimum absolute atomic E-state index is 0.0253. The first-order valence-corrected chi connectivity index (χ1v) is 9.44. The van der Waals surface area contributed by atoms with E-state index in [2.05, 4.69) is 58.4 Å². The molecule has 0 radical (unpaired) electrons. The Morgan fingerprint density at radius 3 is 2.38 bits per heavy atom. The molecule has 26 heavy (non-hydrogen) atoms. The monoisotopic (exact) mass is 351 g/mol. The summed E-state index contributed by atoms with van der Waals surface area (Å²) in [6, 6.07) is 16.9. The number of hydrogen-bond donors (Lipinski definition) is 1. The van der Waals surface area contributed by atoms with Gasteiger partial charge in [0.2, 0.25) is 0 Å². The fraction of sp³-hybridized carbons (Fsp3) is 0.409. The van der Waals surface area contributed by atoms with E-state index < -0.39 is 0 Å². The van der Waals surface area contributed by atoms with Gasteiger partial charge < -0.3 is 10.2 Å². The number of hydrogen-bond acceptors (Lipinski definition) is 3. The second kappa shape index (κ2) is 8.37. The van der Waals surface area contributed by atoms with Crippen molar-refractivity contribution in [2.45, 2.75) is 26.8 Å². The van der Waals surface area contributed by atoms with E-state index >= 15 is 0 Å². The fourth-order valence-electron chi connectivity index (χ4n) is 3.59. The van der Waals surface area contributed by atoms with Gasteiger partial charge in [-0.15, -0.1) is 0 Å². The molecule has 1 aliphatic heterocycles. The minimum atomic E-state index is 0.0253. The van der Waals surface area contributed by atoms with Crippen molar-refractivity contribution in [2.24, 2.45) is 0 Å². The normalized spacial score (nSPS) is 16.3. The third-order valence-electron chi connectivity index (χ3n) is 5.24. The van der Waals surface area contributed by atoms with Crippen LogP contribution in [-0.2, 0) is 0 Å². The van der Waals surface area contributed by atoms with E-state index in [4.69, 9.17) is 0 Å². The number of benzene rings is 2. The lowest BCUT2D eigenvalue weighted by molar-refractivity contribution is 0.0933. The predicted octanol–water partition coefficient (Wildman–Crippen LogP) is 3.24. The Bertz CT molecular complexity index is 736. The Kier molecular flexibility index (Phi) is 5.94. The highest BCUT2D eigenvalue weighted by atomic mass is 16.1. The molecule has 0 aromatic heterocycles. The zero-order chi connectivity index (χ0) is 18.5. The molecular formula is C22H29N3O. The highest BCUT2D eigenvalue weighted by Gasteiger charge is 2.21. The topological polar surface area (TPSA) is 35.6 Å². The van der Waals surface area contributed by atoms with Gasteiger partial charge in [0.05, 0.1) is 0 Å². The molecule has 0 saturated carbocycles. The lowest BCUT2D eigenvalue weighted by Crippen LogP contribution is -2.52. The summed E-state index contributed by atoms with van der Waals surface area (Å²) in [5.74, 6) is 0.0253. The first kappa shape index (κ1) is 18.5. The number of anilines is 1. The number of para-hydroxylation sites is 1. The van der Waals surface area contributed by atoms with Gasteiger partial charge in [-0.3, -0.25) is 9.69 Å². The zero-order valence-corrected chi connectivity index (χ0v) is 16.0. The van der Waals surface area contributed by atoms with Crippen LogP contribution in [0.5, 0.6) is 0 Å². The van der Waals surface area contributed by atoms with Crippen LogP contribution in [0.1, 0.15) is 28.4 Å². The van der Waals surface area contributed by atoms with E-state index in [-0.39, 0.29) is 5.91 Å². The third kappa shape index (κ3) is 4.44. The summed E-state index contributed by atoms with van der Waals surface area (Å²) in [6.45, 7) is 11.0. The Morgan fingerprint density at radius 1 is 1.04 bits per heavy atom. The first-order valence-electron chi connectivity index (χ1n) is 9.44. The van der Waals surface area contributed by atoms with Gasteiger partial charge >= 0.3 is 0 Å². The summed E-state index contributed by atoms with van der Waals surface area (Å²) in [6.07, 6.45) is 0. The maximum absolute atomic E-state index is 12.5. The average Bonchev–Trinajstić information content (AvgIpc) is 2.66. The minimum Gasteiger partial charge on any atom is -0.369 e. The smallest absolute Gasteiger partial charge is 0.251 e. The highest BCUT2D eigenvalue weighted by molar-refractivity contribution is 5.95. The van der Waals surface area contributed by atoms with Gasteiger partial charge in [-0.25, -0.2) is 0 Å². The molecule has 2 aromatic rings. The lowest BCUT2D eigenvalue weighted by Gasteiger charge is -2.39. The summed E-state index contributed by atoms with van der Waals surface area (Å²) < 4.78 is 0. The number of nitrogens with zero attached hydrogens (tertiary/aromatic N) is 2. The molecule has 1 saturated heterocycles. The zero-order valence-electron chi connectivity index (χ0n) is 16.0. The van der Waals surface area contributed by atoms with E-state index in [1.165, 1.54) is 11.3 Å². The van der Waals surface area contributed by atoms with Crippen LogP contribution in [0.15, 0.2) is 48.5 Å². The summed E-state index contributed by atoms with van der Waals surface area (Å²) in [4.78, 5) is 17.4. The van der Waals surface area contributed by atoms with E-state index in [1.807, 2.05) is 26.0 Å². The molecule has 1 unspecified atom stereocenters. The molecule has 0 spiro atoms. The number of carbonyl (C=O) groups is 1. The van der Waals surface area contributed by atoms with Gasteiger partial charge in [-0.05, 0) is 44.5 Å². The van der Waals surface area contributed by atoms with Gasteiger partial charge in [0, 0.05) is 50.0 Å². The van der Waals surface area contributed by atoms with Gasteiger partial charge in [-0.2, -0.15) is 0 Å². The summed E-state index contributed by atoms with van der Waals surface area (Å²) >= 11 is 0. The number of nitrogens with one attached hydrogen (secondary N) is 1. The summed E-state index contributed by atoms with van der Waals surface area (Å²) in [7, 11) is 0. The molecule has 2 aromatic carbocycles. The van der Waals surface area contributed by atoms with Gasteiger partial charge in [0.1, 0.15) is 0 Å². The van der Waals surface area contributed by atoms with Crippen LogP contribution in [0.3, 0.4) is 0 Å². The summed E-state index contributed by atoms with van der Waals surface area (Å²) in [5, 5.41) is 3.10. The standard InChI is InChI=1S/C22H29N3O/c1-17-9-10-21(18(2)15-17)22(26)23-16-19(3)24-11-13-25(14-12-24)20-7-5-4-6-8-20/h4-10,15,19H,11-14,16H2,1-3H3,(H,23,26). The van der Waals surface area contributed by atoms with Gasteiger partial charge in [0.15, 0.2) is 0 Å². The largest absolute Gasteiger partial charge is 0.369 e. The average molecular weight is 351 g/mol. The van der Waals surface area contributed by atoms with Crippen molar-refractivity contribution in [1.82, 2.24) is 10.2 Å². The molecule has 1 heterocycles. The Morgan fingerprint density at radius 2 is 1.73 bits per heavy atom. The van der Waals surface area contributed by atoms with Crippen LogP contribution >= 0.6 is 0 Å². The number of rotatable bonds is 5. The second-order valence-corrected chi connectivity index (χ2v) is 7.24. The number of amides is 1. The third-order valence-corrected chi connectivity index (χ3v) is 5.24. The Labute approximate surface area is 156 Å². The molecule has 4 heteroatoms. The first-order chi connectivity index (χ1) is 12.5. The molecule has 1 N–H and O–H groups in total. The van der Waals surface area contributed by atoms with E-state index in [0.717, 1.165) is 37.3 Å². The Balaban J connectivity index is 1.48. The van der Waals surface area contributed by atoms with Crippen molar-refractivity contribution in [1.29, 1.82) is 0 Å². The van der Waals surface area contributed by atoms with Crippen molar-refractivity contribution in [3.05, 3.63) is 65.2 Å². The van der Waals surface area contributed by atoms with Crippen LogP contribution in [0.4, 0.5) is 5.69 Å². The van der Waals surface area contributed by atoms with E-state index in [0.29, 0.717) is 12.6 Å². The predicted molar refractivity (Wildman–Crippen MR) is 108 cm³/mol. The van der Waals surface area contributed by atoms with E-state index in [1.54, 1.807) is 0 Å².